The third kappa shape index (κ3) is 2.50. The second kappa shape index (κ2) is 4.66. The molecule has 0 radical (unpaired) electrons. The largest absolute Gasteiger partial charge is 0.496 e. The fraction of sp³-hybridized carbons (Fsp3) is 0.364. The van der Waals surface area contributed by atoms with Crippen molar-refractivity contribution in [3.8, 4) is 5.75 Å². The molecule has 0 heterocycles. The van der Waals surface area contributed by atoms with Gasteiger partial charge in [0.15, 0.2) is 0 Å². The molecule has 0 aliphatic carbocycles. The summed E-state index contributed by atoms with van der Waals surface area (Å²) in [5, 5.41) is 8.80. The van der Waals surface area contributed by atoms with Crippen molar-refractivity contribution in [2.75, 3.05) is 7.11 Å². The van der Waals surface area contributed by atoms with Crippen LogP contribution < -0.4 is 4.74 Å². The third-order valence-corrected chi connectivity index (χ3v) is 3.15. The number of hydrogen-bond donors (Lipinski definition) is 1. The molecule has 0 spiro atoms. The number of aliphatic carboxylic acids is 1. The Bertz CT molecular complexity index is 399. The summed E-state index contributed by atoms with van der Waals surface area (Å²) in [6.45, 7) is 3.78. The van der Waals surface area contributed by atoms with Crippen molar-refractivity contribution in [2.45, 2.75) is 20.3 Å². The summed E-state index contributed by atoms with van der Waals surface area (Å²) in [6, 6.07) is 1.91. The Morgan fingerprint density at radius 3 is 2.60 bits per heavy atom. The Morgan fingerprint density at radius 1 is 1.53 bits per heavy atom. The zero-order chi connectivity index (χ0) is 11.6. The summed E-state index contributed by atoms with van der Waals surface area (Å²) in [7, 11) is 1.56. The van der Waals surface area contributed by atoms with Gasteiger partial charge in [0.1, 0.15) is 5.75 Å². The predicted molar refractivity (Wildman–Crippen MR) is 61.5 cm³/mol. The fourth-order valence-electron chi connectivity index (χ4n) is 1.55. The maximum atomic E-state index is 10.7. The predicted octanol–water partition coefficient (Wildman–Crippen LogP) is 2.70. The smallest absolute Gasteiger partial charge is 0.307 e. The van der Waals surface area contributed by atoms with Crippen LogP contribution in [0.15, 0.2) is 10.5 Å². The van der Waals surface area contributed by atoms with Crippen molar-refractivity contribution < 1.29 is 14.6 Å². The van der Waals surface area contributed by atoms with Crippen molar-refractivity contribution in [2.24, 2.45) is 0 Å². The van der Waals surface area contributed by atoms with Crippen LogP contribution in [0.5, 0.6) is 5.75 Å². The van der Waals surface area contributed by atoms with E-state index in [9.17, 15) is 4.79 Å². The number of ether oxygens (including phenoxy) is 1. The van der Waals surface area contributed by atoms with Crippen LogP contribution in [-0.2, 0) is 11.2 Å². The Kier molecular flexibility index (Phi) is 3.74. The van der Waals surface area contributed by atoms with E-state index in [1.165, 1.54) is 0 Å². The molecule has 4 heteroatoms. The van der Waals surface area contributed by atoms with Gasteiger partial charge >= 0.3 is 5.97 Å². The fourth-order valence-corrected chi connectivity index (χ4v) is 2.07. The Morgan fingerprint density at radius 2 is 2.13 bits per heavy atom. The molecular weight excluding hydrogens is 260 g/mol. The zero-order valence-corrected chi connectivity index (χ0v) is 10.5. The summed E-state index contributed by atoms with van der Waals surface area (Å²) < 4.78 is 6.18. The maximum absolute atomic E-state index is 10.7. The molecule has 0 aliphatic heterocycles. The van der Waals surface area contributed by atoms with Crippen LogP contribution in [0.1, 0.15) is 16.7 Å². The van der Waals surface area contributed by atoms with E-state index < -0.39 is 5.97 Å². The van der Waals surface area contributed by atoms with Crippen LogP contribution in [0.3, 0.4) is 0 Å². The highest BCUT2D eigenvalue weighted by atomic mass is 79.9. The minimum atomic E-state index is -0.849. The molecule has 1 aromatic carbocycles. The number of carbonyl (C=O) groups is 1. The number of methoxy groups -OCH3 is 1. The van der Waals surface area contributed by atoms with Crippen LogP contribution in [0.2, 0.25) is 0 Å². The molecule has 0 amide bonds. The van der Waals surface area contributed by atoms with Gasteiger partial charge in [-0.05, 0) is 25.5 Å². The minimum Gasteiger partial charge on any atom is -0.496 e. The molecule has 0 aromatic heterocycles. The minimum absolute atomic E-state index is 0.0108. The van der Waals surface area contributed by atoms with Gasteiger partial charge in [0.05, 0.1) is 13.5 Å². The number of carboxylic acid groups (broad SMARTS) is 1. The number of carboxylic acids is 1. The van der Waals surface area contributed by atoms with Crippen molar-refractivity contribution in [3.05, 3.63) is 27.2 Å². The maximum Gasteiger partial charge on any atom is 0.307 e. The molecule has 0 aliphatic rings. The van der Waals surface area contributed by atoms with Gasteiger partial charge in [-0.25, -0.2) is 0 Å². The first kappa shape index (κ1) is 12.0. The molecular formula is C11H13BrO3. The normalized spacial score (nSPS) is 10.1. The standard InChI is InChI=1S/C11H13BrO3/c1-6-4-9(12)7(2)11(15-3)8(6)5-10(13)14/h4H,5H2,1-3H3,(H,13,14). The Labute approximate surface area is 97.2 Å². The van der Waals surface area contributed by atoms with Gasteiger partial charge < -0.3 is 9.84 Å². The SMILES string of the molecule is COc1c(C)c(Br)cc(C)c1CC(=O)O. The van der Waals surface area contributed by atoms with Gasteiger partial charge in [0.25, 0.3) is 0 Å². The number of rotatable bonds is 3. The lowest BCUT2D eigenvalue weighted by Crippen LogP contribution is -2.06. The monoisotopic (exact) mass is 272 g/mol. The van der Waals surface area contributed by atoms with E-state index in [1.807, 2.05) is 19.9 Å². The van der Waals surface area contributed by atoms with Gasteiger partial charge in [-0.3, -0.25) is 4.79 Å². The lowest BCUT2D eigenvalue weighted by atomic mass is 10.0. The number of hydrogen-bond acceptors (Lipinski definition) is 2. The Hall–Kier alpha value is -1.03. The van der Waals surface area contributed by atoms with E-state index in [2.05, 4.69) is 15.9 Å². The Balaban J connectivity index is 3.35. The topological polar surface area (TPSA) is 46.5 Å². The van der Waals surface area contributed by atoms with E-state index in [0.29, 0.717) is 5.75 Å². The van der Waals surface area contributed by atoms with Crippen LogP contribution >= 0.6 is 15.9 Å². The second-order valence-corrected chi connectivity index (χ2v) is 4.24. The lowest BCUT2D eigenvalue weighted by Gasteiger charge is -2.14. The number of halogens is 1. The molecule has 0 fully saturated rings. The van der Waals surface area contributed by atoms with E-state index in [1.54, 1.807) is 7.11 Å². The molecule has 0 unspecified atom stereocenters. The average molecular weight is 273 g/mol. The van der Waals surface area contributed by atoms with Gasteiger partial charge in [-0.1, -0.05) is 15.9 Å². The van der Waals surface area contributed by atoms with Gasteiger partial charge in [-0.2, -0.15) is 0 Å². The molecule has 1 N–H and O–H groups in total. The average Bonchev–Trinajstić information content (AvgIpc) is 2.14. The second-order valence-electron chi connectivity index (χ2n) is 3.38. The van der Waals surface area contributed by atoms with Crippen LogP contribution in [-0.4, -0.2) is 18.2 Å². The van der Waals surface area contributed by atoms with Crippen LogP contribution in [0.25, 0.3) is 0 Å². The summed E-state index contributed by atoms with van der Waals surface area (Å²) in [5.74, 6) is -0.192. The van der Waals surface area contributed by atoms with Crippen LogP contribution in [0, 0.1) is 13.8 Å². The zero-order valence-electron chi connectivity index (χ0n) is 8.93. The highest BCUT2D eigenvalue weighted by molar-refractivity contribution is 9.10. The molecule has 1 rings (SSSR count). The number of benzene rings is 1. The van der Waals surface area contributed by atoms with Gasteiger partial charge in [0, 0.05) is 15.6 Å². The summed E-state index contributed by atoms with van der Waals surface area (Å²) >= 11 is 3.41. The van der Waals surface area contributed by atoms with Crippen molar-refractivity contribution in [1.82, 2.24) is 0 Å². The molecule has 1 aromatic rings. The first-order valence-electron chi connectivity index (χ1n) is 4.51. The molecule has 0 bridgehead atoms. The van der Waals surface area contributed by atoms with E-state index in [4.69, 9.17) is 9.84 Å². The molecule has 0 atom stereocenters. The molecule has 15 heavy (non-hydrogen) atoms. The first-order valence-corrected chi connectivity index (χ1v) is 5.31. The van der Waals surface area contributed by atoms with Gasteiger partial charge in [0.2, 0.25) is 0 Å². The van der Waals surface area contributed by atoms with Crippen molar-refractivity contribution in [3.63, 3.8) is 0 Å². The van der Waals surface area contributed by atoms with E-state index in [0.717, 1.165) is 21.2 Å². The van der Waals surface area contributed by atoms with E-state index in [-0.39, 0.29) is 6.42 Å². The first-order chi connectivity index (χ1) is 6.97. The molecule has 0 saturated carbocycles. The van der Waals surface area contributed by atoms with E-state index >= 15 is 0 Å². The quantitative estimate of drug-likeness (QED) is 0.921. The lowest BCUT2D eigenvalue weighted by molar-refractivity contribution is -0.136. The molecule has 82 valence electrons. The van der Waals surface area contributed by atoms with Crippen molar-refractivity contribution in [1.29, 1.82) is 0 Å². The molecule has 0 saturated heterocycles. The highest BCUT2D eigenvalue weighted by Crippen LogP contribution is 2.32. The summed E-state index contributed by atoms with van der Waals surface area (Å²) in [4.78, 5) is 10.7. The summed E-state index contributed by atoms with van der Waals surface area (Å²) in [6.07, 6.45) is -0.0108. The summed E-state index contributed by atoms with van der Waals surface area (Å²) in [5.41, 5.74) is 2.59. The van der Waals surface area contributed by atoms with Crippen molar-refractivity contribution >= 4 is 21.9 Å². The molecule has 3 nitrogen and oxygen atoms in total. The van der Waals surface area contributed by atoms with Crippen LogP contribution in [0.4, 0.5) is 0 Å². The van der Waals surface area contributed by atoms with Gasteiger partial charge in [-0.15, -0.1) is 0 Å². The number of aryl methyl sites for hydroxylation is 1. The third-order valence-electron chi connectivity index (χ3n) is 2.32. The highest BCUT2D eigenvalue weighted by Gasteiger charge is 2.15.